The number of rotatable bonds is 3. The highest BCUT2D eigenvalue weighted by atomic mass is 16.5. The highest BCUT2D eigenvalue weighted by Gasteiger charge is 2.43. The fraction of sp³-hybridized carbons (Fsp3) is 1.00. The van der Waals surface area contributed by atoms with E-state index in [0.29, 0.717) is 19.1 Å². The van der Waals surface area contributed by atoms with Crippen molar-refractivity contribution in [1.29, 1.82) is 0 Å². The monoisotopic (exact) mass is 241 g/mol. The second kappa shape index (κ2) is 5.68. The standard InChI is InChI=1S/C14H27NO2/c1-11-3-5-12(6-4-11)13(16)14(9-15)7-2-8-17-10-14/h11-13,16H,2-10,15H2,1H3. The molecule has 0 aromatic rings. The van der Waals surface area contributed by atoms with E-state index in [0.717, 1.165) is 38.2 Å². The summed E-state index contributed by atoms with van der Waals surface area (Å²) in [4.78, 5) is 0. The van der Waals surface area contributed by atoms with E-state index in [4.69, 9.17) is 10.5 Å². The number of aliphatic hydroxyl groups excluding tert-OH is 1. The first-order chi connectivity index (χ1) is 8.18. The zero-order valence-electron chi connectivity index (χ0n) is 11.0. The molecule has 0 bridgehead atoms. The molecule has 2 atom stereocenters. The molecule has 100 valence electrons. The minimum Gasteiger partial charge on any atom is -0.392 e. The van der Waals surface area contributed by atoms with Crippen molar-refractivity contribution in [1.82, 2.24) is 0 Å². The third-order valence-corrected chi connectivity index (χ3v) is 4.89. The topological polar surface area (TPSA) is 55.5 Å². The van der Waals surface area contributed by atoms with Crippen molar-refractivity contribution in [3.8, 4) is 0 Å². The number of nitrogens with two attached hydrogens (primary N) is 1. The van der Waals surface area contributed by atoms with Gasteiger partial charge in [-0.3, -0.25) is 0 Å². The molecule has 1 heterocycles. The van der Waals surface area contributed by atoms with Crippen molar-refractivity contribution in [2.75, 3.05) is 19.8 Å². The van der Waals surface area contributed by atoms with Gasteiger partial charge in [-0.05, 0) is 37.5 Å². The number of hydrogen-bond donors (Lipinski definition) is 2. The molecule has 2 aliphatic rings. The van der Waals surface area contributed by atoms with Gasteiger partial charge in [0.15, 0.2) is 0 Å². The van der Waals surface area contributed by atoms with Crippen LogP contribution in [0.1, 0.15) is 45.4 Å². The summed E-state index contributed by atoms with van der Waals surface area (Å²) in [6.45, 7) is 4.35. The van der Waals surface area contributed by atoms with E-state index in [-0.39, 0.29) is 11.5 Å². The Hall–Kier alpha value is -0.120. The lowest BCUT2D eigenvalue weighted by atomic mass is 9.68. The van der Waals surface area contributed by atoms with Crippen LogP contribution in [0.5, 0.6) is 0 Å². The zero-order chi connectivity index (χ0) is 12.3. The van der Waals surface area contributed by atoms with Gasteiger partial charge in [0.1, 0.15) is 0 Å². The maximum Gasteiger partial charge on any atom is 0.0658 e. The highest BCUT2D eigenvalue weighted by molar-refractivity contribution is 4.93. The summed E-state index contributed by atoms with van der Waals surface area (Å²) in [5.41, 5.74) is 5.77. The van der Waals surface area contributed by atoms with Gasteiger partial charge < -0.3 is 15.6 Å². The predicted molar refractivity (Wildman–Crippen MR) is 68.7 cm³/mol. The number of ether oxygens (including phenoxy) is 1. The van der Waals surface area contributed by atoms with Gasteiger partial charge in [-0.1, -0.05) is 19.8 Å². The van der Waals surface area contributed by atoms with Crippen LogP contribution in [0.3, 0.4) is 0 Å². The molecule has 3 N–H and O–H groups in total. The van der Waals surface area contributed by atoms with Crippen molar-refractivity contribution in [2.24, 2.45) is 23.0 Å². The molecule has 1 aliphatic carbocycles. The lowest BCUT2D eigenvalue weighted by Gasteiger charge is -2.44. The fourth-order valence-corrected chi connectivity index (χ4v) is 3.49. The predicted octanol–water partition coefficient (Wildman–Crippen LogP) is 1.93. The average Bonchev–Trinajstić information content (AvgIpc) is 2.39. The molecule has 0 aromatic carbocycles. The van der Waals surface area contributed by atoms with Gasteiger partial charge in [-0.25, -0.2) is 0 Å². The number of hydrogen-bond acceptors (Lipinski definition) is 3. The van der Waals surface area contributed by atoms with Crippen LogP contribution in [0.2, 0.25) is 0 Å². The third kappa shape index (κ3) is 2.83. The van der Waals surface area contributed by atoms with Crippen LogP contribution in [-0.2, 0) is 4.74 Å². The molecule has 2 fully saturated rings. The third-order valence-electron chi connectivity index (χ3n) is 4.89. The van der Waals surface area contributed by atoms with E-state index in [1.54, 1.807) is 0 Å². The first-order valence-electron chi connectivity index (χ1n) is 7.14. The van der Waals surface area contributed by atoms with E-state index in [1.165, 1.54) is 12.8 Å². The zero-order valence-corrected chi connectivity index (χ0v) is 11.0. The summed E-state index contributed by atoms with van der Waals surface area (Å²) in [6, 6.07) is 0. The van der Waals surface area contributed by atoms with Gasteiger partial charge >= 0.3 is 0 Å². The van der Waals surface area contributed by atoms with Crippen LogP contribution >= 0.6 is 0 Å². The maximum atomic E-state index is 10.7. The number of aliphatic hydroxyl groups is 1. The van der Waals surface area contributed by atoms with E-state index in [9.17, 15) is 5.11 Å². The summed E-state index contributed by atoms with van der Waals surface area (Å²) in [6.07, 6.45) is 6.62. The Balaban J connectivity index is 1.98. The van der Waals surface area contributed by atoms with E-state index in [1.807, 2.05) is 0 Å². The van der Waals surface area contributed by atoms with E-state index in [2.05, 4.69) is 6.92 Å². The quantitative estimate of drug-likeness (QED) is 0.794. The maximum absolute atomic E-state index is 10.7. The molecule has 3 heteroatoms. The summed E-state index contributed by atoms with van der Waals surface area (Å²) < 4.78 is 5.57. The normalized spacial score (nSPS) is 41.1. The molecular weight excluding hydrogens is 214 g/mol. The first kappa shape index (κ1) is 13.3. The fourth-order valence-electron chi connectivity index (χ4n) is 3.49. The van der Waals surface area contributed by atoms with E-state index < -0.39 is 0 Å². The Bertz CT molecular complexity index is 230. The summed E-state index contributed by atoms with van der Waals surface area (Å²) >= 11 is 0. The van der Waals surface area contributed by atoms with Gasteiger partial charge in [0.25, 0.3) is 0 Å². The van der Waals surface area contributed by atoms with Gasteiger partial charge in [-0.15, -0.1) is 0 Å². The van der Waals surface area contributed by atoms with Crippen molar-refractivity contribution in [3.63, 3.8) is 0 Å². The van der Waals surface area contributed by atoms with Crippen LogP contribution in [0.4, 0.5) is 0 Å². The second-order valence-corrected chi connectivity index (χ2v) is 6.19. The smallest absolute Gasteiger partial charge is 0.0658 e. The summed E-state index contributed by atoms with van der Waals surface area (Å²) in [5, 5.41) is 10.7. The summed E-state index contributed by atoms with van der Waals surface area (Å²) in [5.74, 6) is 1.27. The van der Waals surface area contributed by atoms with Crippen LogP contribution in [0, 0.1) is 17.3 Å². The highest BCUT2D eigenvalue weighted by Crippen LogP contribution is 2.40. The van der Waals surface area contributed by atoms with Gasteiger partial charge in [-0.2, -0.15) is 0 Å². The molecule has 2 unspecified atom stereocenters. The molecule has 1 saturated carbocycles. The molecule has 2 rings (SSSR count). The molecule has 1 saturated heterocycles. The average molecular weight is 241 g/mol. The molecule has 1 aliphatic heterocycles. The molecule has 0 amide bonds. The van der Waals surface area contributed by atoms with Crippen LogP contribution in [-0.4, -0.2) is 31.0 Å². The van der Waals surface area contributed by atoms with Crippen LogP contribution in [0.15, 0.2) is 0 Å². The minimum atomic E-state index is -0.264. The molecule has 3 nitrogen and oxygen atoms in total. The van der Waals surface area contributed by atoms with Crippen LogP contribution < -0.4 is 5.73 Å². The molecule has 0 spiro atoms. The SMILES string of the molecule is CC1CCC(C(O)C2(CN)CCCOC2)CC1. The van der Waals surface area contributed by atoms with Crippen molar-refractivity contribution in [2.45, 2.75) is 51.6 Å². The van der Waals surface area contributed by atoms with Crippen LogP contribution in [0.25, 0.3) is 0 Å². The first-order valence-corrected chi connectivity index (χ1v) is 7.14. The molecule has 0 radical (unpaired) electrons. The lowest BCUT2D eigenvalue weighted by Crippen LogP contribution is -2.51. The molecule has 17 heavy (non-hydrogen) atoms. The Labute approximate surface area is 105 Å². The Morgan fingerprint density at radius 2 is 2.06 bits per heavy atom. The van der Waals surface area contributed by atoms with Crippen molar-refractivity contribution < 1.29 is 9.84 Å². The largest absolute Gasteiger partial charge is 0.392 e. The second-order valence-electron chi connectivity index (χ2n) is 6.19. The lowest BCUT2D eigenvalue weighted by molar-refractivity contribution is -0.104. The van der Waals surface area contributed by atoms with Gasteiger partial charge in [0.2, 0.25) is 0 Å². The van der Waals surface area contributed by atoms with Gasteiger partial charge in [0.05, 0.1) is 12.7 Å². The molecular formula is C14H27NO2. The Kier molecular flexibility index (Phi) is 4.45. The summed E-state index contributed by atoms with van der Waals surface area (Å²) in [7, 11) is 0. The van der Waals surface area contributed by atoms with E-state index >= 15 is 0 Å². The van der Waals surface area contributed by atoms with Crippen molar-refractivity contribution >= 4 is 0 Å². The van der Waals surface area contributed by atoms with Gasteiger partial charge in [0, 0.05) is 18.6 Å². The Morgan fingerprint density at radius 1 is 1.35 bits per heavy atom. The minimum absolute atomic E-state index is 0.163. The molecule has 0 aromatic heterocycles. The van der Waals surface area contributed by atoms with Crippen molar-refractivity contribution in [3.05, 3.63) is 0 Å². The Morgan fingerprint density at radius 3 is 2.59 bits per heavy atom.